The molecule has 4 rings (SSSR count). The number of hydrogen-bond donors (Lipinski definition) is 1. The smallest absolute Gasteiger partial charge is 0.225 e. The molecule has 0 radical (unpaired) electrons. The second-order valence-corrected chi connectivity index (χ2v) is 7.15. The first-order valence-corrected chi connectivity index (χ1v) is 9.19. The van der Waals surface area contributed by atoms with E-state index in [2.05, 4.69) is 9.88 Å². The highest BCUT2D eigenvalue weighted by molar-refractivity contribution is 5.99. The number of amides is 1. The quantitative estimate of drug-likeness (QED) is 0.832. The Morgan fingerprint density at radius 2 is 1.85 bits per heavy atom. The lowest BCUT2D eigenvalue weighted by molar-refractivity contribution is -0.118. The van der Waals surface area contributed by atoms with E-state index in [0.29, 0.717) is 56.2 Å². The Bertz CT molecular complexity index is 891. The summed E-state index contributed by atoms with van der Waals surface area (Å²) in [5.74, 6) is 0.775. The molecule has 0 bridgehead atoms. The molecule has 7 nitrogen and oxygen atoms in total. The van der Waals surface area contributed by atoms with E-state index in [1.54, 1.807) is 17.0 Å². The summed E-state index contributed by atoms with van der Waals surface area (Å²) in [5.41, 5.74) is 2.86. The van der Waals surface area contributed by atoms with Gasteiger partial charge in [-0.25, -0.2) is 9.97 Å². The number of rotatable bonds is 3. The maximum atomic E-state index is 12.8. The van der Waals surface area contributed by atoms with Gasteiger partial charge in [-0.2, -0.15) is 0 Å². The lowest BCUT2D eigenvalue weighted by atomic mass is 9.81. The summed E-state index contributed by atoms with van der Waals surface area (Å²) < 4.78 is 0. The first-order valence-electron chi connectivity index (χ1n) is 9.19. The molecule has 2 aromatic rings. The van der Waals surface area contributed by atoms with E-state index < -0.39 is 0 Å². The number of hydrogen-bond acceptors (Lipinski definition) is 6. The number of aromatic hydroxyl groups is 1. The number of carbonyl (C=O) groups is 2. The van der Waals surface area contributed by atoms with Gasteiger partial charge in [0.2, 0.25) is 12.4 Å². The Morgan fingerprint density at radius 3 is 2.56 bits per heavy atom. The molecule has 1 aromatic carbocycles. The summed E-state index contributed by atoms with van der Waals surface area (Å²) in [7, 11) is 0. The predicted octanol–water partition coefficient (Wildman–Crippen LogP) is 1.68. The fourth-order valence-corrected chi connectivity index (χ4v) is 3.98. The van der Waals surface area contributed by atoms with E-state index in [-0.39, 0.29) is 17.5 Å². The van der Waals surface area contributed by atoms with Gasteiger partial charge in [0.1, 0.15) is 5.75 Å². The number of para-hydroxylation sites is 1. The van der Waals surface area contributed by atoms with Crippen molar-refractivity contribution in [2.45, 2.75) is 25.7 Å². The van der Waals surface area contributed by atoms with Gasteiger partial charge >= 0.3 is 0 Å². The number of anilines is 1. The number of aryl methyl sites for hydroxylation is 1. The molecular formula is C20H22N4O3. The number of ketones is 1. The molecule has 2 heterocycles. The summed E-state index contributed by atoms with van der Waals surface area (Å²) in [5, 5.41) is 10.2. The summed E-state index contributed by atoms with van der Waals surface area (Å²) in [4.78, 5) is 36.7. The number of nitrogens with zero attached hydrogens (tertiary/aromatic N) is 4. The highest BCUT2D eigenvalue weighted by Crippen LogP contribution is 2.37. The molecule has 1 N–H and O–H groups in total. The van der Waals surface area contributed by atoms with Crippen LogP contribution in [0.25, 0.3) is 0 Å². The number of aromatic nitrogens is 2. The van der Waals surface area contributed by atoms with Crippen molar-refractivity contribution in [3.05, 3.63) is 46.8 Å². The summed E-state index contributed by atoms with van der Waals surface area (Å²) in [6.07, 6.45) is 1.82. The van der Waals surface area contributed by atoms with Gasteiger partial charge in [0.15, 0.2) is 5.78 Å². The van der Waals surface area contributed by atoms with E-state index in [1.807, 2.05) is 19.1 Å². The van der Waals surface area contributed by atoms with Gasteiger partial charge in [0.25, 0.3) is 0 Å². The van der Waals surface area contributed by atoms with Crippen molar-refractivity contribution < 1.29 is 14.7 Å². The fourth-order valence-electron chi connectivity index (χ4n) is 3.98. The van der Waals surface area contributed by atoms with E-state index in [4.69, 9.17) is 4.98 Å². The van der Waals surface area contributed by atoms with Crippen molar-refractivity contribution in [3.63, 3.8) is 0 Å². The Kier molecular flexibility index (Phi) is 4.51. The topological polar surface area (TPSA) is 86.6 Å². The zero-order chi connectivity index (χ0) is 19.0. The molecule has 0 spiro atoms. The SMILES string of the molecule is Cc1nc(N2CCN(C=O)CC2)nc2c1C(=O)C[C@@H](c1ccccc1O)C2. The molecule has 1 fully saturated rings. The number of piperazine rings is 1. The first-order chi connectivity index (χ1) is 13.1. The molecule has 1 aromatic heterocycles. The Hall–Kier alpha value is -2.96. The summed E-state index contributed by atoms with van der Waals surface area (Å²) >= 11 is 0. The minimum absolute atomic E-state index is 0.0272. The molecule has 1 amide bonds. The Morgan fingerprint density at radius 1 is 1.11 bits per heavy atom. The minimum atomic E-state index is -0.0831. The molecule has 7 heteroatoms. The van der Waals surface area contributed by atoms with Crippen LogP contribution in [0.3, 0.4) is 0 Å². The molecule has 140 valence electrons. The van der Waals surface area contributed by atoms with Crippen LogP contribution >= 0.6 is 0 Å². The van der Waals surface area contributed by atoms with E-state index in [1.165, 1.54) is 0 Å². The second-order valence-electron chi connectivity index (χ2n) is 7.15. The van der Waals surface area contributed by atoms with Gasteiger partial charge in [-0.3, -0.25) is 9.59 Å². The van der Waals surface area contributed by atoms with Gasteiger partial charge in [0, 0.05) is 38.5 Å². The van der Waals surface area contributed by atoms with Crippen LogP contribution in [-0.4, -0.2) is 58.3 Å². The Labute approximate surface area is 157 Å². The van der Waals surface area contributed by atoms with Crippen molar-refractivity contribution in [1.29, 1.82) is 0 Å². The third-order valence-electron chi connectivity index (χ3n) is 5.43. The van der Waals surface area contributed by atoms with Crippen LogP contribution in [0.5, 0.6) is 5.75 Å². The van der Waals surface area contributed by atoms with Crippen LogP contribution in [0.4, 0.5) is 5.95 Å². The van der Waals surface area contributed by atoms with Crippen LogP contribution in [0.15, 0.2) is 24.3 Å². The van der Waals surface area contributed by atoms with Crippen molar-refractivity contribution in [2.24, 2.45) is 0 Å². The maximum absolute atomic E-state index is 12.8. The predicted molar refractivity (Wildman–Crippen MR) is 100 cm³/mol. The average molecular weight is 366 g/mol. The number of phenolic OH excluding ortho intramolecular Hbond substituents is 1. The number of carbonyl (C=O) groups excluding carboxylic acids is 2. The Balaban J connectivity index is 1.65. The van der Waals surface area contributed by atoms with Crippen molar-refractivity contribution in [1.82, 2.24) is 14.9 Å². The van der Waals surface area contributed by atoms with E-state index in [9.17, 15) is 14.7 Å². The third kappa shape index (κ3) is 3.25. The average Bonchev–Trinajstić information content (AvgIpc) is 2.67. The van der Waals surface area contributed by atoms with E-state index >= 15 is 0 Å². The molecular weight excluding hydrogens is 344 g/mol. The lowest BCUT2D eigenvalue weighted by Gasteiger charge is -2.33. The first kappa shape index (κ1) is 17.5. The van der Waals surface area contributed by atoms with Gasteiger partial charge in [-0.15, -0.1) is 0 Å². The highest BCUT2D eigenvalue weighted by Gasteiger charge is 2.32. The summed E-state index contributed by atoms with van der Waals surface area (Å²) in [6, 6.07) is 7.17. The van der Waals surface area contributed by atoms with Crippen LogP contribution in [0.1, 0.15) is 39.6 Å². The van der Waals surface area contributed by atoms with Crippen LogP contribution < -0.4 is 4.90 Å². The molecule has 0 saturated carbocycles. The van der Waals surface area contributed by atoms with E-state index in [0.717, 1.165) is 17.7 Å². The van der Waals surface area contributed by atoms with Crippen LogP contribution in [0, 0.1) is 6.92 Å². The van der Waals surface area contributed by atoms with Crippen molar-refractivity contribution >= 4 is 18.1 Å². The second kappa shape index (κ2) is 6.98. The van der Waals surface area contributed by atoms with Gasteiger partial charge in [-0.05, 0) is 25.0 Å². The largest absolute Gasteiger partial charge is 0.508 e. The van der Waals surface area contributed by atoms with Gasteiger partial charge < -0.3 is 14.9 Å². The molecule has 1 aliphatic heterocycles. The number of fused-ring (bicyclic) bond motifs is 1. The molecule has 27 heavy (non-hydrogen) atoms. The number of benzene rings is 1. The molecule has 2 aliphatic rings. The minimum Gasteiger partial charge on any atom is -0.508 e. The maximum Gasteiger partial charge on any atom is 0.225 e. The van der Waals surface area contributed by atoms with Gasteiger partial charge in [-0.1, -0.05) is 18.2 Å². The standard InChI is InChI=1S/C20H22N4O3/c1-13-19-16(22-20(21-13)24-8-6-23(12-25)7-9-24)10-14(11-18(19)27)15-4-2-3-5-17(15)26/h2-5,12,14,26H,6-11H2,1H3/t14-/m0/s1. The normalized spacial score (nSPS) is 19.7. The molecule has 1 atom stereocenters. The monoisotopic (exact) mass is 366 g/mol. The summed E-state index contributed by atoms with van der Waals surface area (Å²) in [6.45, 7) is 4.48. The third-order valence-corrected chi connectivity index (χ3v) is 5.43. The van der Waals surface area contributed by atoms with Crippen LogP contribution in [0.2, 0.25) is 0 Å². The number of Topliss-reactive ketones (excluding diaryl/α,β-unsaturated/α-hetero) is 1. The molecule has 1 saturated heterocycles. The van der Waals surface area contributed by atoms with Crippen molar-refractivity contribution in [2.75, 3.05) is 31.1 Å². The molecule has 0 unspecified atom stereocenters. The molecule has 1 aliphatic carbocycles. The highest BCUT2D eigenvalue weighted by atomic mass is 16.3. The van der Waals surface area contributed by atoms with Crippen molar-refractivity contribution in [3.8, 4) is 5.75 Å². The fraction of sp³-hybridized carbons (Fsp3) is 0.400. The number of phenols is 1. The lowest BCUT2D eigenvalue weighted by Crippen LogP contribution is -2.46. The van der Waals surface area contributed by atoms with Crippen LogP contribution in [-0.2, 0) is 11.2 Å². The zero-order valence-corrected chi connectivity index (χ0v) is 15.3. The zero-order valence-electron chi connectivity index (χ0n) is 15.3. The van der Waals surface area contributed by atoms with Gasteiger partial charge in [0.05, 0.1) is 17.0 Å².